The lowest BCUT2D eigenvalue weighted by Gasteiger charge is -2.27. The molecular formula is C17H18N2O4S. The van der Waals surface area contributed by atoms with E-state index in [1.165, 1.54) is 0 Å². The quantitative estimate of drug-likeness (QED) is 0.654. The maximum atomic E-state index is 12.7. The van der Waals surface area contributed by atoms with Crippen LogP contribution in [0.3, 0.4) is 0 Å². The number of rotatable bonds is 2. The highest BCUT2D eigenvalue weighted by molar-refractivity contribution is 8.00. The van der Waals surface area contributed by atoms with Gasteiger partial charge in [0.2, 0.25) is 11.8 Å². The fourth-order valence-electron chi connectivity index (χ4n) is 2.87. The topological polar surface area (TPSA) is 83.6 Å². The molecule has 0 bridgehead atoms. The number of hydrogen-bond acceptors (Lipinski definition) is 5. The summed E-state index contributed by atoms with van der Waals surface area (Å²) in [5, 5.41) is 2.19. The third-order valence-electron chi connectivity index (χ3n) is 3.84. The second-order valence-corrected chi connectivity index (χ2v) is 8.77. The molecule has 2 aliphatic heterocycles. The minimum Gasteiger partial charge on any atom is -0.295 e. The highest BCUT2D eigenvalue weighted by Crippen LogP contribution is 2.35. The molecule has 0 aliphatic carbocycles. The summed E-state index contributed by atoms with van der Waals surface area (Å²) in [6.45, 7) is 6.19. The van der Waals surface area contributed by atoms with Crippen LogP contribution in [0.15, 0.2) is 23.1 Å². The first-order chi connectivity index (χ1) is 11.2. The first kappa shape index (κ1) is 16.7. The summed E-state index contributed by atoms with van der Waals surface area (Å²) in [7, 11) is 0. The van der Waals surface area contributed by atoms with Gasteiger partial charge in [0.1, 0.15) is 6.04 Å². The molecule has 0 spiro atoms. The maximum absolute atomic E-state index is 12.7. The number of nitrogens with zero attached hydrogens (tertiary/aromatic N) is 1. The maximum Gasteiger partial charge on any atom is 0.262 e. The van der Waals surface area contributed by atoms with Gasteiger partial charge in [-0.2, -0.15) is 0 Å². The van der Waals surface area contributed by atoms with E-state index in [1.807, 2.05) is 6.07 Å². The van der Waals surface area contributed by atoms with Crippen molar-refractivity contribution < 1.29 is 19.2 Å². The molecule has 1 atom stereocenters. The van der Waals surface area contributed by atoms with Crippen molar-refractivity contribution in [2.75, 3.05) is 0 Å². The van der Waals surface area contributed by atoms with Crippen molar-refractivity contribution in [3.05, 3.63) is 29.3 Å². The molecule has 0 saturated carbocycles. The van der Waals surface area contributed by atoms with Crippen LogP contribution in [0.4, 0.5) is 0 Å². The van der Waals surface area contributed by atoms with E-state index in [0.29, 0.717) is 11.1 Å². The number of hydrogen-bond donors (Lipinski definition) is 1. The molecule has 1 aromatic rings. The van der Waals surface area contributed by atoms with Gasteiger partial charge in [-0.3, -0.25) is 29.4 Å². The lowest BCUT2D eigenvalue weighted by molar-refractivity contribution is -0.136. The summed E-state index contributed by atoms with van der Waals surface area (Å²) >= 11 is 1.60. The average molecular weight is 346 g/mol. The zero-order chi connectivity index (χ0) is 17.6. The number of nitrogens with one attached hydrogen (secondary N) is 1. The molecule has 1 aromatic carbocycles. The second kappa shape index (κ2) is 5.73. The predicted molar refractivity (Wildman–Crippen MR) is 88.7 cm³/mol. The van der Waals surface area contributed by atoms with E-state index in [4.69, 9.17) is 0 Å². The summed E-state index contributed by atoms with van der Waals surface area (Å²) < 4.78 is -0.0246. The lowest BCUT2D eigenvalue weighted by atomic mass is 10.0. The van der Waals surface area contributed by atoms with Crippen LogP contribution >= 0.6 is 11.8 Å². The van der Waals surface area contributed by atoms with E-state index >= 15 is 0 Å². The van der Waals surface area contributed by atoms with Crippen LogP contribution < -0.4 is 5.32 Å². The molecule has 6 nitrogen and oxygen atoms in total. The zero-order valence-corrected chi connectivity index (χ0v) is 14.5. The van der Waals surface area contributed by atoms with Crippen LogP contribution in [-0.4, -0.2) is 39.3 Å². The van der Waals surface area contributed by atoms with E-state index < -0.39 is 23.8 Å². The van der Waals surface area contributed by atoms with Crippen LogP contribution in [0.25, 0.3) is 0 Å². The second-order valence-electron chi connectivity index (χ2n) is 6.87. The number of benzene rings is 1. The minimum atomic E-state index is -0.922. The van der Waals surface area contributed by atoms with Crippen LogP contribution in [0.2, 0.25) is 0 Å². The van der Waals surface area contributed by atoms with E-state index in [1.54, 1.807) is 23.9 Å². The van der Waals surface area contributed by atoms with Crippen molar-refractivity contribution in [2.45, 2.75) is 49.3 Å². The van der Waals surface area contributed by atoms with Gasteiger partial charge in [0.25, 0.3) is 11.8 Å². The van der Waals surface area contributed by atoms with Crippen molar-refractivity contribution in [3.63, 3.8) is 0 Å². The summed E-state index contributed by atoms with van der Waals surface area (Å²) in [5.41, 5.74) is 0.627. The normalized spacial score (nSPS) is 21.1. The summed E-state index contributed by atoms with van der Waals surface area (Å²) in [6.07, 6.45) is 0.286. The Hall–Kier alpha value is -2.15. The Morgan fingerprint density at radius 3 is 2.38 bits per heavy atom. The minimum absolute atomic E-state index is 0.0246. The van der Waals surface area contributed by atoms with E-state index in [9.17, 15) is 19.2 Å². The standard InChI is InChI=1S/C17H18N2O4S/c1-17(2,3)24-9-4-5-10-11(8-9)16(23)19(15(10)22)12-6-7-13(20)18-14(12)21/h4-5,8,12H,6-7H2,1-3H3,(H,18,20,21). The predicted octanol–water partition coefficient (Wildman–Crippen LogP) is 1.98. The summed E-state index contributed by atoms with van der Waals surface area (Å²) in [5.74, 6) is -1.92. The first-order valence-corrected chi connectivity index (χ1v) is 8.54. The monoisotopic (exact) mass is 346 g/mol. The number of fused-ring (bicyclic) bond motifs is 1. The van der Waals surface area contributed by atoms with E-state index in [2.05, 4.69) is 26.1 Å². The number of piperidine rings is 1. The van der Waals surface area contributed by atoms with Crippen LogP contribution in [0, 0.1) is 0 Å². The van der Waals surface area contributed by atoms with Crippen molar-refractivity contribution in [1.82, 2.24) is 10.2 Å². The molecule has 1 saturated heterocycles. The third-order valence-corrected chi connectivity index (χ3v) is 4.94. The fourth-order valence-corrected chi connectivity index (χ4v) is 3.89. The molecule has 4 amide bonds. The van der Waals surface area contributed by atoms with Crippen molar-refractivity contribution in [1.29, 1.82) is 0 Å². The molecule has 2 heterocycles. The van der Waals surface area contributed by atoms with Crippen molar-refractivity contribution in [3.8, 4) is 0 Å². The smallest absolute Gasteiger partial charge is 0.262 e. The Balaban J connectivity index is 1.91. The number of carbonyl (C=O) groups is 4. The molecule has 3 rings (SSSR count). The first-order valence-electron chi connectivity index (χ1n) is 7.72. The van der Waals surface area contributed by atoms with Gasteiger partial charge in [-0.25, -0.2) is 0 Å². The van der Waals surface area contributed by atoms with E-state index in [-0.39, 0.29) is 23.5 Å². The number of thioether (sulfide) groups is 1. The Morgan fingerprint density at radius 1 is 1.08 bits per heavy atom. The summed E-state index contributed by atoms with van der Waals surface area (Å²) in [6, 6.07) is 4.23. The molecular weight excluding hydrogens is 328 g/mol. The SMILES string of the molecule is CC(C)(C)Sc1ccc2c(c1)C(=O)N(C1CCC(=O)NC1=O)C2=O. The largest absolute Gasteiger partial charge is 0.295 e. The number of carbonyl (C=O) groups excluding carboxylic acids is 4. The van der Waals surface area contributed by atoms with Gasteiger partial charge in [-0.1, -0.05) is 20.8 Å². The number of amides is 4. The van der Waals surface area contributed by atoms with Gasteiger partial charge in [-0.05, 0) is 24.6 Å². The average Bonchev–Trinajstić information content (AvgIpc) is 2.70. The van der Waals surface area contributed by atoms with Gasteiger partial charge in [0, 0.05) is 16.1 Å². The molecule has 2 aliphatic rings. The van der Waals surface area contributed by atoms with Gasteiger partial charge in [-0.15, -0.1) is 11.8 Å². The Morgan fingerprint density at radius 2 is 1.75 bits per heavy atom. The van der Waals surface area contributed by atoms with Gasteiger partial charge in [0.05, 0.1) is 11.1 Å². The molecule has 0 aromatic heterocycles. The van der Waals surface area contributed by atoms with Gasteiger partial charge in [0.15, 0.2) is 0 Å². The fraction of sp³-hybridized carbons (Fsp3) is 0.412. The number of imide groups is 2. The highest BCUT2D eigenvalue weighted by atomic mass is 32.2. The van der Waals surface area contributed by atoms with Crippen molar-refractivity contribution in [2.24, 2.45) is 0 Å². The molecule has 1 unspecified atom stereocenters. The molecule has 1 fully saturated rings. The van der Waals surface area contributed by atoms with Crippen LogP contribution in [0.1, 0.15) is 54.3 Å². The van der Waals surface area contributed by atoms with E-state index in [0.717, 1.165) is 9.80 Å². The van der Waals surface area contributed by atoms with Crippen LogP contribution in [0.5, 0.6) is 0 Å². The Labute approximate surface area is 144 Å². The Bertz CT molecular complexity index is 766. The van der Waals surface area contributed by atoms with Crippen molar-refractivity contribution >= 4 is 35.4 Å². The molecule has 24 heavy (non-hydrogen) atoms. The molecule has 0 radical (unpaired) electrons. The lowest BCUT2D eigenvalue weighted by Crippen LogP contribution is -2.54. The highest BCUT2D eigenvalue weighted by Gasteiger charge is 2.44. The van der Waals surface area contributed by atoms with Gasteiger partial charge >= 0.3 is 0 Å². The summed E-state index contributed by atoms with van der Waals surface area (Å²) in [4.78, 5) is 50.4. The zero-order valence-electron chi connectivity index (χ0n) is 13.7. The third kappa shape index (κ3) is 2.96. The molecule has 7 heteroatoms. The molecule has 1 N–H and O–H groups in total. The van der Waals surface area contributed by atoms with Crippen LogP contribution in [-0.2, 0) is 9.59 Å². The van der Waals surface area contributed by atoms with Gasteiger partial charge < -0.3 is 0 Å². The molecule has 126 valence electrons. The Kier molecular flexibility index (Phi) is 3.99.